The molecular formula is C18H16Cl2O2. The minimum absolute atomic E-state index is 0.540. The summed E-state index contributed by atoms with van der Waals surface area (Å²) in [7, 11) is 0. The second-order valence-corrected chi connectivity index (χ2v) is 6.18. The standard InChI is InChI=1S/C18H16Cl2O2/c1-12(13-4-8-15(19)9-5-13)14-6-10-16(11-7-14)22-18(2,3)17(20)21/h4-11H,1H2,2-3H3. The predicted octanol–water partition coefficient (Wildman–Crippen LogP) is 5.32. The summed E-state index contributed by atoms with van der Waals surface area (Å²) in [4.78, 5) is 11.3. The first-order valence-electron chi connectivity index (χ1n) is 6.74. The van der Waals surface area contributed by atoms with Crippen molar-refractivity contribution in [3.8, 4) is 5.75 Å². The predicted molar refractivity (Wildman–Crippen MR) is 91.6 cm³/mol. The summed E-state index contributed by atoms with van der Waals surface area (Å²) < 4.78 is 5.59. The summed E-state index contributed by atoms with van der Waals surface area (Å²) in [6.45, 7) is 7.35. The number of hydrogen-bond donors (Lipinski definition) is 0. The van der Waals surface area contributed by atoms with Gasteiger partial charge in [0.15, 0.2) is 5.60 Å². The van der Waals surface area contributed by atoms with Gasteiger partial charge < -0.3 is 4.74 Å². The van der Waals surface area contributed by atoms with Crippen LogP contribution in [0.2, 0.25) is 5.02 Å². The molecule has 0 atom stereocenters. The van der Waals surface area contributed by atoms with E-state index in [2.05, 4.69) is 6.58 Å². The fourth-order valence-corrected chi connectivity index (χ4v) is 2.04. The molecule has 0 radical (unpaired) electrons. The van der Waals surface area contributed by atoms with Gasteiger partial charge in [0.2, 0.25) is 0 Å². The van der Waals surface area contributed by atoms with E-state index in [1.165, 1.54) is 0 Å². The zero-order valence-electron chi connectivity index (χ0n) is 12.4. The van der Waals surface area contributed by atoms with Gasteiger partial charge >= 0.3 is 0 Å². The molecule has 0 N–H and O–H groups in total. The monoisotopic (exact) mass is 334 g/mol. The average Bonchev–Trinajstić information content (AvgIpc) is 2.47. The molecule has 0 aliphatic heterocycles. The van der Waals surface area contributed by atoms with Gasteiger partial charge in [-0.3, -0.25) is 4.79 Å². The molecule has 0 spiro atoms. The molecule has 0 aliphatic rings. The second kappa shape index (κ2) is 6.55. The van der Waals surface area contributed by atoms with Crippen molar-refractivity contribution in [2.45, 2.75) is 19.4 Å². The van der Waals surface area contributed by atoms with E-state index in [1.54, 1.807) is 26.0 Å². The third-order valence-corrected chi connectivity index (χ3v) is 3.95. The van der Waals surface area contributed by atoms with Crippen LogP contribution in [-0.2, 0) is 4.79 Å². The fourth-order valence-electron chi connectivity index (χ4n) is 1.88. The lowest BCUT2D eigenvalue weighted by atomic mass is 10.00. The van der Waals surface area contributed by atoms with Gasteiger partial charge in [-0.1, -0.05) is 42.4 Å². The Morgan fingerprint density at radius 3 is 1.91 bits per heavy atom. The van der Waals surface area contributed by atoms with E-state index in [0.717, 1.165) is 16.7 Å². The van der Waals surface area contributed by atoms with Crippen molar-refractivity contribution < 1.29 is 9.53 Å². The van der Waals surface area contributed by atoms with Crippen LogP contribution in [0.15, 0.2) is 55.1 Å². The number of carbonyl (C=O) groups is 1. The van der Waals surface area contributed by atoms with Gasteiger partial charge in [0.1, 0.15) is 5.75 Å². The molecule has 0 saturated heterocycles. The van der Waals surface area contributed by atoms with Crippen LogP contribution in [0.4, 0.5) is 0 Å². The average molecular weight is 335 g/mol. The van der Waals surface area contributed by atoms with E-state index < -0.39 is 10.8 Å². The topological polar surface area (TPSA) is 26.3 Å². The molecule has 22 heavy (non-hydrogen) atoms. The Morgan fingerprint density at radius 1 is 1.00 bits per heavy atom. The smallest absolute Gasteiger partial charge is 0.264 e. The third kappa shape index (κ3) is 3.90. The van der Waals surface area contributed by atoms with Crippen molar-refractivity contribution in [1.82, 2.24) is 0 Å². The number of benzene rings is 2. The van der Waals surface area contributed by atoms with Crippen LogP contribution in [-0.4, -0.2) is 10.8 Å². The van der Waals surface area contributed by atoms with E-state index in [9.17, 15) is 4.79 Å². The minimum Gasteiger partial charge on any atom is -0.479 e. The van der Waals surface area contributed by atoms with Crippen LogP contribution >= 0.6 is 23.2 Å². The van der Waals surface area contributed by atoms with Crippen molar-refractivity contribution in [2.75, 3.05) is 0 Å². The Labute approximate surface area is 140 Å². The first kappa shape index (κ1) is 16.6. The Morgan fingerprint density at radius 2 is 1.45 bits per heavy atom. The summed E-state index contributed by atoms with van der Waals surface area (Å²) in [5.74, 6) is 0.576. The largest absolute Gasteiger partial charge is 0.479 e. The molecule has 0 aromatic heterocycles. The first-order chi connectivity index (χ1) is 10.3. The summed E-state index contributed by atoms with van der Waals surface area (Å²) in [5, 5.41) is 0.149. The fraction of sp³-hybridized carbons (Fsp3) is 0.167. The molecular weight excluding hydrogens is 319 g/mol. The van der Waals surface area contributed by atoms with Crippen LogP contribution in [0.5, 0.6) is 5.75 Å². The summed E-state index contributed by atoms with van der Waals surface area (Å²) in [5.41, 5.74) is 1.78. The highest BCUT2D eigenvalue weighted by Crippen LogP contribution is 2.26. The van der Waals surface area contributed by atoms with Gasteiger partial charge in [-0.2, -0.15) is 0 Å². The van der Waals surface area contributed by atoms with Crippen LogP contribution in [0.25, 0.3) is 5.57 Å². The molecule has 2 nitrogen and oxygen atoms in total. The maximum atomic E-state index is 11.3. The molecule has 0 unspecified atom stereocenters. The number of hydrogen-bond acceptors (Lipinski definition) is 2. The van der Waals surface area contributed by atoms with Crippen LogP contribution in [0.1, 0.15) is 25.0 Å². The van der Waals surface area contributed by atoms with E-state index >= 15 is 0 Å². The van der Waals surface area contributed by atoms with Crippen molar-refractivity contribution in [2.24, 2.45) is 0 Å². The van der Waals surface area contributed by atoms with Crippen molar-refractivity contribution in [3.05, 3.63) is 71.3 Å². The molecule has 0 heterocycles. The zero-order valence-corrected chi connectivity index (χ0v) is 13.9. The van der Waals surface area contributed by atoms with Crippen molar-refractivity contribution >= 4 is 34.0 Å². The van der Waals surface area contributed by atoms with Crippen molar-refractivity contribution in [1.29, 1.82) is 0 Å². The third-order valence-electron chi connectivity index (χ3n) is 3.24. The van der Waals surface area contributed by atoms with Crippen molar-refractivity contribution in [3.63, 3.8) is 0 Å². The summed E-state index contributed by atoms with van der Waals surface area (Å²) >= 11 is 11.4. The number of ether oxygens (including phenoxy) is 1. The molecule has 114 valence electrons. The van der Waals surface area contributed by atoms with Crippen LogP contribution in [0.3, 0.4) is 0 Å². The molecule has 0 aliphatic carbocycles. The molecule has 2 aromatic carbocycles. The highest BCUT2D eigenvalue weighted by Gasteiger charge is 2.27. The van der Waals surface area contributed by atoms with Gasteiger partial charge in [-0.15, -0.1) is 0 Å². The molecule has 0 saturated carbocycles. The maximum absolute atomic E-state index is 11.3. The highest BCUT2D eigenvalue weighted by molar-refractivity contribution is 6.65. The summed E-state index contributed by atoms with van der Waals surface area (Å²) in [6.07, 6.45) is 0. The van der Waals surface area contributed by atoms with Crippen LogP contribution in [0, 0.1) is 0 Å². The van der Waals surface area contributed by atoms with E-state index in [-0.39, 0.29) is 0 Å². The first-order valence-corrected chi connectivity index (χ1v) is 7.49. The molecule has 0 amide bonds. The lowest BCUT2D eigenvalue weighted by Crippen LogP contribution is -2.34. The maximum Gasteiger partial charge on any atom is 0.264 e. The Kier molecular flexibility index (Phi) is 4.94. The lowest BCUT2D eigenvalue weighted by Gasteiger charge is -2.22. The van der Waals surface area contributed by atoms with Gasteiger partial charge in [0.25, 0.3) is 5.24 Å². The van der Waals surface area contributed by atoms with Gasteiger partial charge in [0, 0.05) is 5.02 Å². The normalized spacial score (nSPS) is 11.1. The second-order valence-electron chi connectivity index (χ2n) is 5.40. The van der Waals surface area contributed by atoms with Gasteiger partial charge in [-0.25, -0.2) is 0 Å². The number of halogens is 2. The summed E-state index contributed by atoms with van der Waals surface area (Å²) in [6, 6.07) is 14.9. The highest BCUT2D eigenvalue weighted by atomic mass is 35.5. The molecule has 0 bridgehead atoms. The number of carbonyl (C=O) groups excluding carboxylic acids is 1. The van der Waals surface area contributed by atoms with E-state index in [1.807, 2.05) is 36.4 Å². The Bertz CT molecular complexity index is 686. The Hall–Kier alpha value is -1.77. The Balaban J connectivity index is 2.16. The van der Waals surface area contributed by atoms with Gasteiger partial charge in [-0.05, 0) is 66.4 Å². The minimum atomic E-state index is -1.06. The van der Waals surface area contributed by atoms with Gasteiger partial charge in [0.05, 0.1) is 0 Å². The molecule has 2 rings (SSSR count). The van der Waals surface area contributed by atoms with E-state index in [4.69, 9.17) is 27.9 Å². The molecule has 0 fully saturated rings. The lowest BCUT2D eigenvalue weighted by molar-refractivity contribution is -0.123. The number of rotatable bonds is 5. The SMILES string of the molecule is C=C(c1ccc(Cl)cc1)c1ccc(OC(C)(C)C(=O)Cl)cc1. The zero-order chi connectivity index (χ0) is 16.3. The van der Waals surface area contributed by atoms with Crippen LogP contribution < -0.4 is 4.74 Å². The quantitative estimate of drug-likeness (QED) is 0.691. The molecule has 2 aromatic rings. The van der Waals surface area contributed by atoms with E-state index in [0.29, 0.717) is 10.8 Å². The molecule has 4 heteroatoms.